The molecule has 0 aliphatic carbocycles. The summed E-state index contributed by atoms with van der Waals surface area (Å²) in [6.45, 7) is -0.302. The lowest BCUT2D eigenvalue weighted by molar-refractivity contribution is -0.163. The first-order valence-corrected chi connectivity index (χ1v) is 3.16. The molecule has 5 N–H and O–H groups in total. The Balaban J connectivity index is 3.78. The number of hydrogen-bond acceptors (Lipinski definition) is 6. The number of nitrogens with two attached hydrogens (primary N) is 1. The smallest absolute Gasteiger partial charge is 0.367 e. The third-order valence-electron chi connectivity index (χ3n) is 0.909. The van der Waals surface area contributed by atoms with Crippen LogP contribution in [0, 0.1) is 0 Å². The Bertz CT molecular complexity index is 172. The van der Waals surface area contributed by atoms with Crippen LogP contribution in [0.5, 0.6) is 0 Å². The molecule has 1 unspecified atom stereocenters. The number of carbonyl (C=O) groups is 2. The maximum atomic E-state index is 10.6. The summed E-state index contributed by atoms with van der Waals surface area (Å²) in [5.74, 6) is -1.64. The van der Waals surface area contributed by atoms with E-state index in [1.165, 1.54) is 7.05 Å². The average Bonchev–Trinajstić information content (AvgIpc) is 2.04. The summed E-state index contributed by atoms with van der Waals surface area (Å²) in [5, 5.41) is 10.7. The summed E-state index contributed by atoms with van der Waals surface area (Å²) in [6, 6.07) is 0. The minimum atomic E-state index is -1.69. The van der Waals surface area contributed by atoms with Crippen molar-refractivity contribution in [3.63, 3.8) is 0 Å². The van der Waals surface area contributed by atoms with Crippen molar-refractivity contribution in [3.8, 4) is 0 Å². The Hall–Kier alpha value is -1.18. The van der Waals surface area contributed by atoms with Crippen LogP contribution in [0.4, 0.5) is 0 Å². The largest absolute Gasteiger partial charge is 0.374 e. The number of nitrogens with one attached hydrogen (secondary N) is 2. The molecule has 1 amide bonds. The molecule has 7 heteroatoms. The zero-order chi connectivity index (χ0) is 9.56. The molecule has 0 aliphatic heterocycles. The highest BCUT2D eigenvalue weighted by molar-refractivity contribution is 5.84. The van der Waals surface area contributed by atoms with E-state index in [2.05, 4.69) is 4.84 Å². The number of amides is 1. The molecule has 0 aliphatic rings. The number of aliphatic hydroxyl groups is 1. The molecule has 70 valence electrons. The van der Waals surface area contributed by atoms with Crippen LogP contribution in [0.25, 0.3) is 0 Å². The second-order valence-corrected chi connectivity index (χ2v) is 1.80. The number of carbonyl (C=O) groups excluding carboxylic acids is 2. The molecular formula is C5H11N3O4. The fourth-order valence-corrected chi connectivity index (χ4v) is 0.427. The fourth-order valence-electron chi connectivity index (χ4n) is 0.427. The predicted octanol–water partition coefficient (Wildman–Crippen LogP) is -2.94. The monoisotopic (exact) mass is 177 g/mol. The van der Waals surface area contributed by atoms with Crippen molar-refractivity contribution in [2.75, 3.05) is 13.6 Å². The van der Waals surface area contributed by atoms with Gasteiger partial charge in [0, 0.05) is 7.05 Å². The first kappa shape index (κ1) is 10.8. The van der Waals surface area contributed by atoms with Gasteiger partial charge in [0.05, 0.1) is 6.54 Å². The number of aliphatic hydroxyl groups excluding tert-OH is 1. The van der Waals surface area contributed by atoms with Crippen molar-refractivity contribution in [1.82, 2.24) is 10.8 Å². The average molecular weight is 177 g/mol. The highest BCUT2D eigenvalue weighted by atomic mass is 16.7. The summed E-state index contributed by atoms with van der Waals surface area (Å²) in [6.07, 6.45) is -1.69. The van der Waals surface area contributed by atoms with E-state index in [9.17, 15) is 9.59 Å². The lowest BCUT2D eigenvalue weighted by Crippen LogP contribution is -2.45. The quantitative estimate of drug-likeness (QED) is 0.270. The fraction of sp³-hybridized carbons (Fsp3) is 0.600. The molecule has 0 spiro atoms. The van der Waals surface area contributed by atoms with Gasteiger partial charge in [-0.25, -0.2) is 4.79 Å². The van der Waals surface area contributed by atoms with E-state index in [4.69, 9.17) is 10.8 Å². The molecule has 0 radical (unpaired) electrons. The Morgan fingerprint density at radius 3 is 2.67 bits per heavy atom. The van der Waals surface area contributed by atoms with E-state index in [1.54, 1.807) is 0 Å². The van der Waals surface area contributed by atoms with Crippen LogP contribution < -0.4 is 16.5 Å². The van der Waals surface area contributed by atoms with Gasteiger partial charge in [0.2, 0.25) is 12.1 Å². The van der Waals surface area contributed by atoms with Crippen LogP contribution in [-0.2, 0) is 14.4 Å². The van der Waals surface area contributed by atoms with Gasteiger partial charge in [-0.3, -0.25) is 4.79 Å². The summed E-state index contributed by atoms with van der Waals surface area (Å²) in [7, 11) is 1.34. The van der Waals surface area contributed by atoms with E-state index < -0.39 is 18.1 Å². The van der Waals surface area contributed by atoms with Crippen LogP contribution in [0.15, 0.2) is 0 Å². The standard InChI is InChI=1S/C5H11N3O4/c1-7-12-5(11)4(10)8-3(9)2-6/h4,7,10H,2,6H2,1H3,(H,8,9). The normalized spacial score (nSPS) is 11.9. The predicted molar refractivity (Wildman–Crippen MR) is 38.4 cm³/mol. The number of hydrogen-bond donors (Lipinski definition) is 4. The second kappa shape index (κ2) is 5.47. The van der Waals surface area contributed by atoms with Crippen molar-refractivity contribution >= 4 is 11.9 Å². The number of hydroxylamine groups is 1. The Morgan fingerprint density at radius 1 is 1.67 bits per heavy atom. The molecule has 7 nitrogen and oxygen atoms in total. The molecule has 0 saturated heterocycles. The van der Waals surface area contributed by atoms with Gasteiger partial charge in [0.1, 0.15) is 0 Å². The van der Waals surface area contributed by atoms with Crippen molar-refractivity contribution in [2.24, 2.45) is 5.73 Å². The molecule has 0 bridgehead atoms. The van der Waals surface area contributed by atoms with E-state index in [1.807, 2.05) is 10.8 Å². The van der Waals surface area contributed by atoms with Gasteiger partial charge in [-0.05, 0) is 0 Å². The molecule has 12 heavy (non-hydrogen) atoms. The van der Waals surface area contributed by atoms with E-state index in [0.29, 0.717) is 0 Å². The van der Waals surface area contributed by atoms with Crippen molar-refractivity contribution in [2.45, 2.75) is 6.23 Å². The Morgan fingerprint density at radius 2 is 2.25 bits per heavy atom. The molecule has 0 aromatic heterocycles. The van der Waals surface area contributed by atoms with Gasteiger partial charge in [-0.1, -0.05) is 0 Å². The van der Waals surface area contributed by atoms with E-state index in [0.717, 1.165) is 0 Å². The van der Waals surface area contributed by atoms with Gasteiger partial charge in [-0.15, -0.1) is 0 Å². The van der Waals surface area contributed by atoms with Gasteiger partial charge < -0.3 is 21.0 Å². The maximum Gasteiger partial charge on any atom is 0.374 e. The molecule has 0 fully saturated rings. The van der Waals surface area contributed by atoms with Crippen molar-refractivity contribution < 1.29 is 19.5 Å². The Kier molecular flexibility index (Phi) is 4.93. The topological polar surface area (TPSA) is 114 Å². The highest BCUT2D eigenvalue weighted by Crippen LogP contribution is 1.80. The molecule has 0 aromatic rings. The molecule has 0 aromatic carbocycles. The van der Waals surface area contributed by atoms with Crippen molar-refractivity contribution in [1.29, 1.82) is 0 Å². The first-order chi connectivity index (χ1) is 5.61. The maximum absolute atomic E-state index is 10.6. The minimum absolute atomic E-state index is 0.302. The lowest BCUT2D eigenvalue weighted by atomic mass is 10.5. The van der Waals surface area contributed by atoms with Crippen LogP contribution in [0.2, 0.25) is 0 Å². The number of rotatable bonds is 4. The van der Waals surface area contributed by atoms with Crippen LogP contribution in [-0.4, -0.2) is 36.8 Å². The van der Waals surface area contributed by atoms with Crippen LogP contribution in [0.3, 0.4) is 0 Å². The summed E-state index contributed by atoms with van der Waals surface area (Å²) >= 11 is 0. The lowest BCUT2D eigenvalue weighted by Gasteiger charge is -2.09. The molecule has 1 atom stereocenters. The third-order valence-corrected chi connectivity index (χ3v) is 0.909. The zero-order valence-corrected chi connectivity index (χ0v) is 6.53. The van der Waals surface area contributed by atoms with Crippen molar-refractivity contribution in [3.05, 3.63) is 0 Å². The SMILES string of the molecule is CNOC(=O)C(O)NC(=O)CN. The molecular weight excluding hydrogens is 166 g/mol. The van der Waals surface area contributed by atoms with E-state index >= 15 is 0 Å². The van der Waals surface area contributed by atoms with Gasteiger partial charge in [-0.2, -0.15) is 5.48 Å². The second-order valence-electron chi connectivity index (χ2n) is 1.80. The van der Waals surface area contributed by atoms with E-state index in [-0.39, 0.29) is 6.54 Å². The van der Waals surface area contributed by atoms with Gasteiger partial charge >= 0.3 is 5.97 Å². The third kappa shape index (κ3) is 3.86. The summed E-state index contributed by atoms with van der Waals surface area (Å²) in [5.41, 5.74) is 6.95. The summed E-state index contributed by atoms with van der Waals surface area (Å²) in [4.78, 5) is 25.3. The summed E-state index contributed by atoms with van der Waals surface area (Å²) < 4.78 is 0. The first-order valence-electron chi connectivity index (χ1n) is 3.16. The van der Waals surface area contributed by atoms with Gasteiger partial charge in [0.25, 0.3) is 0 Å². The Labute approximate surface area is 68.8 Å². The van der Waals surface area contributed by atoms with Crippen LogP contribution >= 0.6 is 0 Å². The zero-order valence-electron chi connectivity index (χ0n) is 6.53. The molecule has 0 heterocycles. The molecule has 0 rings (SSSR count). The minimum Gasteiger partial charge on any atom is -0.367 e. The molecule has 0 saturated carbocycles. The van der Waals surface area contributed by atoms with Gasteiger partial charge in [0.15, 0.2) is 0 Å². The highest BCUT2D eigenvalue weighted by Gasteiger charge is 2.17. The van der Waals surface area contributed by atoms with Crippen LogP contribution in [0.1, 0.15) is 0 Å².